The van der Waals surface area contributed by atoms with Crippen LogP contribution in [0.2, 0.25) is 0 Å². The second kappa shape index (κ2) is 7.20. The van der Waals surface area contributed by atoms with Crippen LogP contribution in [0.3, 0.4) is 0 Å². The molecule has 0 bridgehead atoms. The van der Waals surface area contributed by atoms with E-state index in [1.165, 1.54) is 6.20 Å². The molecule has 3 heterocycles. The Balaban J connectivity index is 1.54. The highest BCUT2D eigenvalue weighted by Gasteiger charge is 2.41. The lowest BCUT2D eigenvalue weighted by molar-refractivity contribution is -0.181. The van der Waals surface area contributed by atoms with Gasteiger partial charge in [0, 0.05) is 39.6 Å². The van der Waals surface area contributed by atoms with Crippen molar-refractivity contribution in [3.8, 4) is 0 Å². The summed E-state index contributed by atoms with van der Waals surface area (Å²) in [5.74, 6) is 0.0511. The van der Waals surface area contributed by atoms with Crippen molar-refractivity contribution in [2.45, 2.75) is 18.6 Å². The third kappa shape index (κ3) is 3.77. The van der Waals surface area contributed by atoms with Crippen LogP contribution in [0.25, 0.3) is 0 Å². The summed E-state index contributed by atoms with van der Waals surface area (Å²) in [4.78, 5) is 22.7. The predicted molar refractivity (Wildman–Crippen MR) is 82.2 cm³/mol. The number of amides is 1. The summed E-state index contributed by atoms with van der Waals surface area (Å²) in [5, 5.41) is 3.07. The monoisotopic (exact) mass is 322 g/mol. The molecule has 2 fully saturated rings. The predicted octanol–water partition coefficient (Wildman–Crippen LogP) is 0.514. The van der Waals surface area contributed by atoms with E-state index in [9.17, 15) is 4.79 Å². The number of carbonyl (C=O) groups is 1. The third-order valence-electron chi connectivity index (χ3n) is 4.11. The maximum Gasteiger partial charge on any atom is 0.274 e. The summed E-state index contributed by atoms with van der Waals surface area (Å²) in [7, 11) is 1.64. The van der Waals surface area contributed by atoms with Gasteiger partial charge in [-0.3, -0.25) is 4.79 Å². The summed E-state index contributed by atoms with van der Waals surface area (Å²) in [6, 6.07) is 0. The second-order valence-corrected chi connectivity index (χ2v) is 5.61. The summed E-state index contributed by atoms with van der Waals surface area (Å²) < 4.78 is 16.3. The van der Waals surface area contributed by atoms with Crippen LogP contribution in [-0.4, -0.2) is 73.1 Å². The molecule has 2 aliphatic rings. The summed E-state index contributed by atoms with van der Waals surface area (Å²) in [5.41, 5.74) is 0.353. The van der Waals surface area contributed by atoms with Crippen LogP contribution in [0.15, 0.2) is 12.4 Å². The highest BCUT2D eigenvalue weighted by Crippen LogP contribution is 2.31. The van der Waals surface area contributed by atoms with Crippen LogP contribution in [0.1, 0.15) is 23.3 Å². The molecule has 1 aromatic rings. The first-order valence-corrected chi connectivity index (χ1v) is 7.84. The minimum absolute atomic E-state index is 0.103. The normalized spacial score (nSPS) is 20.0. The fourth-order valence-electron chi connectivity index (χ4n) is 2.81. The first-order valence-electron chi connectivity index (χ1n) is 7.84. The van der Waals surface area contributed by atoms with Crippen molar-refractivity contribution >= 4 is 11.7 Å². The number of piperidine rings is 1. The number of hydrogen-bond acceptors (Lipinski definition) is 7. The van der Waals surface area contributed by atoms with E-state index in [4.69, 9.17) is 14.2 Å². The van der Waals surface area contributed by atoms with Gasteiger partial charge >= 0.3 is 0 Å². The standard InChI is InChI=1S/C15H22N4O4/c1-21-7-4-16-13-11-17-12(10-18-13)14(20)19-5-2-15(3-6-19)22-8-9-23-15/h10-11H,2-9H2,1H3,(H,16,18). The van der Waals surface area contributed by atoms with Crippen LogP contribution < -0.4 is 5.32 Å². The average molecular weight is 322 g/mol. The second-order valence-electron chi connectivity index (χ2n) is 5.61. The first kappa shape index (κ1) is 16.1. The molecule has 0 aromatic carbocycles. The van der Waals surface area contributed by atoms with Crippen LogP contribution in [-0.2, 0) is 14.2 Å². The Bertz CT molecular complexity index is 521. The molecular formula is C15H22N4O4. The molecule has 0 atom stereocenters. The molecular weight excluding hydrogens is 300 g/mol. The molecule has 3 rings (SSSR count). The zero-order valence-electron chi connectivity index (χ0n) is 13.3. The van der Waals surface area contributed by atoms with E-state index in [1.54, 1.807) is 18.2 Å². The van der Waals surface area contributed by atoms with Gasteiger partial charge in [0.1, 0.15) is 11.5 Å². The fourth-order valence-corrected chi connectivity index (χ4v) is 2.81. The van der Waals surface area contributed by atoms with Crippen LogP contribution >= 0.6 is 0 Å². The fraction of sp³-hybridized carbons (Fsp3) is 0.667. The number of likely N-dealkylation sites (tertiary alicyclic amines) is 1. The van der Waals surface area contributed by atoms with Gasteiger partial charge in [0.2, 0.25) is 0 Å². The molecule has 2 aliphatic heterocycles. The Kier molecular flexibility index (Phi) is 5.04. The smallest absolute Gasteiger partial charge is 0.274 e. The third-order valence-corrected chi connectivity index (χ3v) is 4.11. The maximum atomic E-state index is 12.5. The molecule has 1 N–H and O–H groups in total. The lowest BCUT2D eigenvalue weighted by Crippen LogP contribution is -2.47. The van der Waals surface area contributed by atoms with Crippen LogP contribution in [0.5, 0.6) is 0 Å². The summed E-state index contributed by atoms with van der Waals surface area (Å²) >= 11 is 0. The number of aromatic nitrogens is 2. The highest BCUT2D eigenvalue weighted by molar-refractivity contribution is 5.92. The number of methoxy groups -OCH3 is 1. The van der Waals surface area contributed by atoms with Crippen molar-refractivity contribution in [1.82, 2.24) is 14.9 Å². The lowest BCUT2D eigenvalue weighted by atomic mass is 10.0. The molecule has 23 heavy (non-hydrogen) atoms. The Morgan fingerprint density at radius 3 is 2.65 bits per heavy atom. The van der Waals surface area contributed by atoms with Crippen molar-refractivity contribution in [3.05, 3.63) is 18.1 Å². The van der Waals surface area contributed by atoms with Gasteiger partial charge in [-0.05, 0) is 0 Å². The van der Waals surface area contributed by atoms with E-state index in [1.807, 2.05) is 0 Å². The van der Waals surface area contributed by atoms with Gasteiger partial charge in [-0.25, -0.2) is 9.97 Å². The number of nitrogens with zero attached hydrogens (tertiary/aromatic N) is 3. The van der Waals surface area contributed by atoms with Crippen molar-refractivity contribution in [1.29, 1.82) is 0 Å². The first-order chi connectivity index (χ1) is 11.2. The van der Waals surface area contributed by atoms with Crippen molar-refractivity contribution in [2.75, 3.05) is 51.9 Å². The lowest BCUT2D eigenvalue weighted by Gasteiger charge is -2.37. The molecule has 0 unspecified atom stereocenters. The van der Waals surface area contributed by atoms with E-state index < -0.39 is 5.79 Å². The Labute approximate surface area is 135 Å². The zero-order chi connectivity index (χ0) is 16.1. The van der Waals surface area contributed by atoms with Gasteiger partial charge in [-0.2, -0.15) is 0 Å². The van der Waals surface area contributed by atoms with E-state index in [-0.39, 0.29) is 5.91 Å². The molecule has 1 spiro atoms. The number of nitrogens with one attached hydrogen (secondary N) is 1. The van der Waals surface area contributed by atoms with Crippen molar-refractivity contribution in [2.24, 2.45) is 0 Å². The molecule has 1 aromatic heterocycles. The molecule has 8 nitrogen and oxygen atoms in total. The number of hydrogen-bond donors (Lipinski definition) is 1. The van der Waals surface area contributed by atoms with E-state index >= 15 is 0 Å². The summed E-state index contributed by atoms with van der Waals surface area (Å²) in [6.45, 7) is 3.71. The molecule has 0 radical (unpaired) electrons. The van der Waals surface area contributed by atoms with Crippen molar-refractivity contribution < 1.29 is 19.0 Å². The molecule has 2 saturated heterocycles. The van der Waals surface area contributed by atoms with E-state index in [0.717, 1.165) is 0 Å². The molecule has 1 amide bonds. The largest absolute Gasteiger partial charge is 0.383 e. The number of anilines is 1. The minimum Gasteiger partial charge on any atom is -0.383 e. The molecule has 0 aliphatic carbocycles. The van der Waals surface area contributed by atoms with Gasteiger partial charge < -0.3 is 24.4 Å². The Morgan fingerprint density at radius 2 is 2.04 bits per heavy atom. The quantitative estimate of drug-likeness (QED) is 0.791. The zero-order valence-corrected chi connectivity index (χ0v) is 13.3. The number of rotatable bonds is 5. The van der Waals surface area contributed by atoms with Crippen LogP contribution in [0.4, 0.5) is 5.82 Å². The molecule has 0 saturated carbocycles. The maximum absolute atomic E-state index is 12.5. The van der Waals surface area contributed by atoms with Crippen LogP contribution in [0, 0.1) is 0 Å². The minimum atomic E-state index is -0.475. The van der Waals surface area contributed by atoms with Crippen molar-refractivity contribution in [3.63, 3.8) is 0 Å². The Hall–Kier alpha value is -1.77. The van der Waals surface area contributed by atoms with Gasteiger partial charge in [-0.1, -0.05) is 0 Å². The summed E-state index contributed by atoms with van der Waals surface area (Å²) in [6.07, 6.45) is 4.47. The highest BCUT2D eigenvalue weighted by atomic mass is 16.7. The van der Waals surface area contributed by atoms with Gasteiger partial charge in [0.15, 0.2) is 5.79 Å². The van der Waals surface area contributed by atoms with E-state index in [0.29, 0.717) is 63.8 Å². The Morgan fingerprint density at radius 1 is 1.30 bits per heavy atom. The SMILES string of the molecule is COCCNc1cnc(C(=O)N2CCC3(CC2)OCCO3)cn1. The van der Waals surface area contributed by atoms with Gasteiger partial charge in [0.05, 0.1) is 32.2 Å². The molecule has 126 valence electrons. The van der Waals surface area contributed by atoms with Gasteiger partial charge in [-0.15, -0.1) is 0 Å². The molecule has 8 heteroatoms. The average Bonchev–Trinajstić information content (AvgIpc) is 3.04. The topological polar surface area (TPSA) is 85.8 Å². The van der Waals surface area contributed by atoms with E-state index in [2.05, 4.69) is 15.3 Å². The van der Waals surface area contributed by atoms with Gasteiger partial charge in [0.25, 0.3) is 5.91 Å². The number of carbonyl (C=O) groups excluding carboxylic acids is 1. The number of ether oxygens (including phenoxy) is 3.